The molecule has 0 N–H and O–H groups in total. The SMILES string of the molecule is COC(=O)CN(CC(=O)OC)C(=O)CSCc1ccc(Cl)cc1Cl. The summed E-state index contributed by atoms with van der Waals surface area (Å²) in [6, 6.07) is 5.12. The summed E-state index contributed by atoms with van der Waals surface area (Å²) in [4.78, 5) is 36.0. The standard InChI is InChI=1S/C15H17Cl2NO5S/c1-22-14(20)6-18(7-15(21)23-2)13(19)9-24-8-10-3-4-11(16)5-12(10)17/h3-5H,6-9H2,1-2H3. The Morgan fingerprint density at radius 1 is 1.08 bits per heavy atom. The highest BCUT2D eigenvalue weighted by Crippen LogP contribution is 2.24. The zero-order valence-electron chi connectivity index (χ0n) is 13.2. The molecule has 132 valence electrons. The molecule has 0 bridgehead atoms. The van der Waals surface area contributed by atoms with Gasteiger partial charge in [0.25, 0.3) is 0 Å². The first kappa shape index (κ1) is 20.6. The van der Waals surface area contributed by atoms with Gasteiger partial charge in [-0.15, -0.1) is 11.8 Å². The number of amides is 1. The van der Waals surface area contributed by atoms with E-state index in [9.17, 15) is 14.4 Å². The van der Waals surface area contributed by atoms with Gasteiger partial charge in [0.05, 0.1) is 20.0 Å². The van der Waals surface area contributed by atoms with E-state index in [0.717, 1.165) is 10.5 Å². The first-order chi connectivity index (χ1) is 11.4. The highest BCUT2D eigenvalue weighted by Gasteiger charge is 2.21. The Morgan fingerprint density at radius 2 is 1.67 bits per heavy atom. The summed E-state index contributed by atoms with van der Waals surface area (Å²) >= 11 is 13.2. The number of hydrogen-bond donors (Lipinski definition) is 0. The molecule has 0 aliphatic carbocycles. The number of carbonyl (C=O) groups excluding carboxylic acids is 3. The fraction of sp³-hybridized carbons (Fsp3) is 0.400. The van der Waals surface area contributed by atoms with E-state index < -0.39 is 11.9 Å². The molecule has 0 aliphatic heterocycles. The Balaban J connectivity index is 2.59. The zero-order valence-corrected chi connectivity index (χ0v) is 15.5. The first-order valence-corrected chi connectivity index (χ1v) is 8.71. The van der Waals surface area contributed by atoms with Gasteiger partial charge >= 0.3 is 11.9 Å². The number of thioether (sulfide) groups is 1. The summed E-state index contributed by atoms with van der Waals surface area (Å²) in [6.45, 7) is -0.626. The maximum atomic E-state index is 12.2. The van der Waals surface area contributed by atoms with Gasteiger partial charge in [-0.2, -0.15) is 0 Å². The second-order valence-electron chi connectivity index (χ2n) is 4.63. The Bertz CT molecular complexity index is 594. The Hall–Kier alpha value is -1.44. The lowest BCUT2D eigenvalue weighted by molar-refractivity contribution is -0.151. The zero-order chi connectivity index (χ0) is 18.1. The largest absolute Gasteiger partial charge is 0.468 e. The fourth-order valence-electron chi connectivity index (χ4n) is 1.65. The summed E-state index contributed by atoms with van der Waals surface area (Å²) in [7, 11) is 2.42. The Morgan fingerprint density at radius 3 is 2.17 bits per heavy atom. The molecule has 9 heteroatoms. The number of nitrogens with zero attached hydrogens (tertiary/aromatic N) is 1. The van der Waals surface area contributed by atoms with Gasteiger partial charge in [0.2, 0.25) is 5.91 Å². The highest BCUT2D eigenvalue weighted by molar-refractivity contribution is 7.99. The molecule has 0 saturated carbocycles. The molecule has 0 heterocycles. The lowest BCUT2D eigenvalue weighted by atomic mass is 10.2. The first-order valence-electron chi connectivity index (χ1n) is 6.80. The lowest BCUT2D eigenvalue weighted by Gasteiger charge is -2.20. The average molecular weight is 394 g/mol. The third-order valence-electron chi connectivity index (χ3n) is 2.95. The van der Waals surface area contributed by atoms with Crippen LogP contribution in [0, 0.1) is 0 Å². The number of carbonyl (C=O) groups is 3. The van der Waals surface area contributed by atoms with Crippen molar-refractivity contribution >= 4 is 52.8 Å². The maximum absolute atomic E-state index is 12.2. The van der Waals surface area contributed by atoms with Gasteiger partial charge in [0.1, 0.15) is 13.1 Å². The molecule has 1 aromatic carbocycles. The van der Waals surface area contributed by atoms with Crippen molar-refractivity contribution in [2.45, 2.75) is 5.75 Å². The van der Waals surface area contributed by atoms with Gasteiger partial charge < -0.3 is 14.4 Å². The van der Waals surface area contributed by atoms with Gasteiger partial charge in [-0.3, -0.25) is 14.4 Å². The minimum atomic E-state index is -0.613. The van der Waals surface area contributed by atoms with E-state index in [4.69, 9.17) is 23.2 Å². The van der Waals surface area contributed by atoms with Crippen LogP contribution in [0.25, 0.3) is 0 Å². The summed E-state index contributed by atoms with van der Waals surface area (Å²) < 4.78 is 9.05. The van der Waals surface area contributed by atoms with Crippen LogP contribution in [0.5, 0.6) is 0 Å². The number of esters is 2. The van der Waals surface area contributed by atoms with Crippen molar-refractivity contribution in [2.24, 2.45) is 0 Å². The molecular weight excluding hydrogens is 377 g/mol. The van der Waals surface area contributed by atoms with Crippen molar-refractivity contribution in [1.29, 1.82) is 0 Å². The number of benzene rings is 1. The van der Waals surface area contributed by atoms with Crippen molar-refractivity contribution in [3.8, 4) is 0 Å². The van der Waals surface area contributed by atoms with E-state index in [-0.39, 0.29) is 24.7 Å². The van der Waals surface area contributed by atoms with Crippen molar-refractivity contribution in [3.05, 3.63) is 33.8 Å². The second-order valence-corrected chi connectivity index (χ2v) is 6.46. The van der Waals surface area contributed by atoms with Gasteiger partial charge in [-0.05, 0) is 17.7 Å². The van der Waals surface area contributed by atoms with E-state index >= 15 is 0 Å². The van der Waals surface area contributed by atoms with E-state index in [1.54, 1.807) is 18.2 Å². The molecule has 0 fully saturated rings. The number of ether oxygens (including phenoxy) is 2. The molecule has 0 radical (unpaired) electrons. The van der Waals surface area contributed by atoms with Crippen LogP contribution >= 0.6 is 35.0 Å². The summed E-state index contributed by atoms with van der Waals surface area (Å²) in [5.41, 5.74) is 0.839. The number of methoxy groups -OCH3 is 2. The molecule has 0 unspecified atom stereocenters. The summed E-state index contributed by atoms with van der Waals surface area (Å²) in [5, 5.41) is 1.05. The predicted octanol–water partition coefficient (Wildman–Crippen LogP) is 2.40. The molecule has 0 saturated heterocycles. The van der Waals surface area contributed by atoms with Crippen molar-refractivity contribution in [2.75, 3.05) is 33.1 Å². The monoisotopic (exact) mass is 393 g/mol. The molecule has 0 aromatic heterocycles. The van der Waals surface area contributed by atoms with Gasteiger partial charge in [-0.25, -0.2) is 0 Å². The van der Waals surface area contributed by atoms with E-state index in [0.29, 0.717) is 15.8 Å². The van der Waals surface area contributed by atoms with E-state index in [2.05, 4.69) is 9.47 Å². The molecule has 6 nitrogen and oxygen atoms in total. The molecule has 0 atom stereocenters. The van der Waals surface area contributed by atoms with Crippen LogP contribution in [-0.2, 0) is 29.6 Å². The number of rotatable bonds is 8. The topological polar surface area (TPSA) is 72.9 Å². The molecule has 1 amide bonds. The van der Waals surface area contributed by atoms with Gasteiger partial charge in [0.15, 0.2) is 0 Å². The lowest BCUT2D eigenvalue weighted by Crippen LogP contribution is -2.41. The fourth-order valence-corrected chi connectivity index (χ4v) is 3.14. The number of hydrogen-bond acceptors (Lipinski definition) is 6. The van der Waals surface area contributed by atoms with E-state index in [1.807, 2.05) is 0 Å². The third-order valence-corrected chi connectivity index (χ3v) is 4.50. The average Bonchev–Trinajstić information content (AvgIpc) is 2.55. The Labute approximate surface area is 154 Å². The van der Waals surface area contributed by atoms with Crippen LogP contribution in [0.15, 0.2) is 18.2 Å². The Kier molecular flexibility index (Phi) is 8.95. The van der Waals surface area contributed by atoms with Crippen LogP contribution < -0.4 is 0 Å². The van der Waals surface area contributed by atoms with Crippen molar-refractivity contribution in [1.82, 2.24) is 4.90 Å². The molecular formula is C15H17Cl2NO5S. The van der Waals surface area contributed by atoms with Crippen LogP contribution in [0.4, 0.5) is 0 Å². The van der Waals surface area contributed by atoms with E-state index in [1.165, 1.54) is 26.0 Å². The molecule has 1 aromatic rings. The highest BCUT2D eigenvalue weighted by atomic mass is 35.5. The predicted molar refractivity (Wildman–Crippen MR) is 93.2 cm³/mol. The number of halogens is 2. The van der Waals surface area contributed by atoms with Gasteiger partial charge in [-0.1, -0.05) is 29.3 Å². The van der Waals surface area contributed by atoms with Crippen LogP contribution in [0.2, 0.25) is 10.0 Å². The summed E-state index contributed by atoms with van der Waals surface area (Å²) in [5.74, 6) is -1.03. The van der Waals surface area contributed by atoms with Crippen LogP contribution in [-0.4, -0.2) is 55.8 Å². The summed E-state index contributed by atoms with van der Waals surface area (Å²) in [6.07, 6.45) is 0. The minimum absolute atomic E-state index is 0.0763. The van der Waals surface area contributed by atoms with Crippen LogP contribution in [0.1, 0.15) is 5.56 Å². The molecule has 0 spiro atoms. The normalized spacial score (nSPS) is 10.2. The quantitative estimate of drug-likeness (QED) is 0.631. The second kappa shape index (κ2) is 10.4. The smallest absolute Gasteiger partial charge is 0.325 e. The van der Waals surface area contributed by atoms with Gasteiger partial charge in [0, 0.05) is 15.8 Å². The van der Waals surface area contributed by atoms with Crippen molar-refractivity contribution in [3.63, 3.8) is 0 Å². The molecule has 0 aliphatic rings. The van der Waals surface area contributed by atoms with Crippen molar-refractivity contribution < 1.29 is 23.9 Å². The minimum Gasteiger partial charge on any atom is -0.468 e. The third kappa shape index (κ3) is 6.98. The molecule has 24 heavy (non-hydrogen) atoms. The maximum Gasteiger partial charge on any atom is 0.325 e. The molecule has 1 rings (SSSR count). The van der Waals surface area contributed by atoms with Crippen LogP contribution in [0.3, 0.4) is 0 Å².